The number of halogens is 1. The van der Waals surface area contributed by atoms with Crippen molar-refractivity contribution in [3.63, 3.8) is 0 Å². The van der Waals surface area contributed by atoms with Crippen LogP contribution in [-0.2, 0) is 13.1 Å². The molecule has 1 N–H and O–H groups in total. The number of benzene rings is 2. The van der Waals surface area contributed by atoms with E-state index in [9.17, 15) is 9.18 Å². The molecular formula is C24H26FN3O3. The van der Waals surface area contributed by atoms with Crippen LogP contribution in [-0.4, -0.2) is 36.2 Å². The van der Waals surface area contributed by atoms with Gasteiger partial charge in [0.05, 0.1) is 12.8 Å². The van der Waals surface area contributed by atoms with E-state index in [2.05, 4.69) is 15.4 Å². The molecule has 162 valence electrons. The minimum absolute atomic E-state index is 0.209. The van der Waals surface area contributed by atoms with Gasteiger partial charge in [-0.15, -0.1) is 0 Å². The van der Waals surface area contributed by atoms with E-state index in [1.165, 1.54) is 12.1 Å². The van der Waals surface area contributed by atoms with Crippen LogP contribution in [0.5, 0.6) is 5.75 Å². The van der Waals surface area contributed by atoms with Gasteiger partial charge >= 0.3 is 0 Å². The minimum atomic E-state index is -0.284. The van der Waals surface area contributed by atoms with Crippen molar-refractivity contribution in [2.45, 2.75) is 31.8 Å². The van der Waals surface area contributed by atoms with Crippen molar-refractivity contribution in [1.82, 2.24) is 15.4 Å². The first kappa shape index (κ1) is 21.1. The molecule has 1 aliphatic rings. The van der Waals surface area contributed by atoms with E-state index in [0.29, 0.717) is 6.54 Å². The SMILES string of the molecule is COc1ccc(CNC(=O)c2cc(C3CCCN(Cc4ccc(F)cc4)C3)no2)cc1. The van der Waals surface area contributed by atoms with Crippen molar-refractivity contribution >= 4 is 5.91 Å². The third-order valence-corrected chi connectivity index (χ3v) is 5.61. The highest BCUT2D eigenvalue weighted by Gasteiger charge is 2.25. The number of aromatic nitrogens is 1. The first-order valence-electron chi connectivity index (χ1n) is 10.5. The van der Waals surface area contributed by atoms with Crippen molar-refractivity contribution < 1.29 is 18.4 Å². The smallest absolute Gasteiger partial charge is 0.290 e. The van der Waals surface area contributed by atoms with Crippen molar-refractivity contribution in [2.24, 2.45) is 0 Å². The molecule has 0 radical (unpaired) electrons. The van der Waals surface area contributed by atoms with Crippen LogP contribution in [0.15, 0.2) is 59.1 Å². The number of ether oxygens (including phenoxy) is 1. The van der Waals surface area contributed by atoms with Crippen molar-refractivity contribution in [2.75, 3.05) is 20.2 Å². The summed E-state index contributed by atoms with van der Waals surface area (Å²) in [5, 5.41) is 7.02. The molecule has 2 aromatic carbocycles. The number of rotatable bonds is 7. The first-order valence-corrected chi connectivity index (χ1v) is 10.5. The average Bonchev–Trinajstić information content (AvgIpc) is 3.30. The molecule has 1 saturated heterocycles. The zero-order valence-electron chi connectivity index (χ0n) is 17.5. The number of carbonyl (C=O) groups is 1. The molecule has 0 aliphatic carbocycles. The second kappa shape index (κ2) is 9.75. The summed E-state index contributed by atoms with van der Waals surface area (Å²) < 4.78 is 23.6. The minimum Gasteiger partial charge on any atom is -0.497 e. The molecule has 0 spiro atoms. The maximum atomic E-state index is 13.1. The van der Waals surface area contributed by atoms with Gasteiger partial charge in [0.25, 0.3) is 5.91 Å². The second-order valence-electron chi connectivity index (χ2n) is 7.85. The van der Waals surface area contributed by atoms with Gasteiger partial charge < -0.3 is 14.6 Å². The highest BCUT2D eigenvalue weighted by molar-refractivity contribution is 5.91. The normalized spacial score (nSPS) is 16.8. The van der Waals surface area contributed by atoms with Gasteiger partial charge in [0.15, 0.2) is 0 Å². The van der Waals surface area contributed by atoms with Crippen LogP contribution in [0.3, 0.4) is 0 Å². The van der Waals surface area contributed by atoms with E-state index < -0.39 is 0 Å². The molecule has 3 aromatic rings. The number of piperidine rings is 1. The Morgan fingerprint density at radius 3 is 2.68 bits per heavy atom. The predicted molar refractivity (Wildman–Crippen MR) is 114 cm³/mol. The van der Waals surface area contributed by atoms with Crippen molar-refractivity contribution in [1.29, 1.82) is 0 Å². The Kier molecular flexibility index (Phi) is 6.62. The monoisotopic (exact) mass is 423 g/mol. The number of nitrogens with zero attached hydrogens (tertiary/aromatic N) is 2. The molecule has 7 heteroatoms. The number of amides is 1. The van der Waals surface area contributed by atoms with Crippen LogP contribution in [0.4, 0.5) is 4.39 Å². The number of hydrogen-bond donors (Lipinski definition) is 1. The van der Waals surface area contributed by atoms with Crippen LogP contribution in [0, 0.1) is 5.82 Å². The van der Waals surface area contributed by atoms with Gasteiger partial charge in [-0.1, -0.05) is 29.4 Å². The number of likely N-dealkylation sites (tertiary alicyclic amines) is 1. The molecule has 6 nitrogen and oxygen atoms in total. The van der Waals surface area contributed by atoms with Crippen molar-refractivity contribution in [3.8, 4) is 5.75 Å². The third-order valence-electron chi connectivity index (χ3n) is 5.61. The molecular weight excluding hydrogens is 397 g/mol. The van der Waals surface area contributed by atoms with Gasteiger partial charge in [-0.2, -0.15) is 0 Å². The molecule has 0 saturated carbocycles. The summed E-state index contributed by atoms with van der Waals surface area (Å²) in [4.78, 5) is 14.8. The number of hydrogen-bond acceptors (Lipinski definition) is 5. The second-order valence-corrected chi connectivity index (χ2v) is 7.85. The van der Waals surface area contributed by atoms with Crippen LogP contribution in [0.25, 0.3) is 0 Å². The average molecular weight is 423 g/mol. The molecule has 1 unspecified atom stereocenters. The molecule has 4 rings (SSSR count). The number of nitrogens with one attached hydrogen (secondary N) is 1. The number of methoxy groups -OCH3 is 1. The molecule has 1 fully saturated rings. The largest absolute Gasteiger partial charge is 0.497 e. The molecule has 31 heavy (non-hydrogen) atoms. The highest BCUT2D eigenvalue weighted by atomic mass is 19.1. The standard InChI is InChI=1S/C24H26FN3O3/c1-30-21-10-6-17(7-11-21)14-26-24(29)23-13-22(27-31-23)19-3-2-12-28(16-19)15-18-4-8-20(25)9-5-18/h4-11,13,19H,2-3,12,14-16H2,1H3,(H,26,29). The van der Waals surface area contributed by atoms with Gasteiger partial charge in [0.2, 0.25) is 5.76 Å². The lowest BCUT2D eigenvalue weighted by Gasteiger charge is -2.31. The summed E-state index contributed by atoms with van der Waals surface area (Å²) >= 11 is 0. The Morgan fingerprint density at radius 2 is 1.94 bits per heavy atom. The Balaban J connectivity index is 1.32. The summed E-state index contributed by atoms with van der Waals surface area (Å²) in [5.74, 6) is 0.699. The summed E-state index contributed by atoms with van der Waals surface area (Å²) in [6.07, 6.45) is 2.04. The zero-order chi connectivity index (χ0) is 21.6. The van der Waals surface area contributed by atoms with E-state index >= 15 is 0 Å². The molecule has 1 aromatic heterocycles. The Morgan fingerprint density at radius 1 is 1.19 bits per heavy atom. The fourth-order valence-corrected chi connectivity index (χ4v) is 3.89. The first-order chi connectivity index (χ1) is 15.1. The predicted octanol–water partition coefficient (Wildman–Crippen LogP) is 4.13. The lowest BCUT2D eigenvalue weighted by molar-refractivity contribution is 0.0913. The summed E-state index contributed by atoms with van der Waals surface area (Å²) in [7, 11) is 1.62. The lowest BCUT2D eigenvalue weighted by Crippen LogP contribution is -2.34. The topological polar surface area (TPSA) is 67.6 Å². The van der Waals surface area contributed by atoms with Crippen LogP contribution < -0.4 is 10.1 Å². The van der Waals surface area contributed by atoms with Crippen LogP contribution >= 0.6 is 0 Å². The molecule has 1 atom stereocenters. The fraction of sp³-hybridized carbons (Fsp3) is 0.333. The third kappa shape index (κ3) is 5.49. The molecule has 0 bridgehead atoms. The summed E-state index contributed by atoms with van der Waals surface area (Å²) in [5.41, 5.74) is 2.86. The Hall–Kier alpha value is -3.19. The van der Waals surface area contributed by atoms with E-state index in [-0.39, 0.29) is 23.4 Å². The molecule has 1 aliphatic heterocycles. The fourth-order valence-electron chi connectivity index (χ4n) is 3.89. The Labute approximate surface area is 181 Å². The van der Waals surface area contributed by atoms with Gasteiger partial charge in [-0.05, 0) is 54.8 Å². The van der Waals surface area contributed by atoms with E-state index in [1.807, 2.05) is 36.4 Å². The number of carbonyl (C=O) groups excluding carboxylic acids is 1. The quantitative estimate of drug-likeness (QED) is 0.619. The maximum Gasteiger partial charge on any atom is 0.290 e. The Bertz CT molecular complexity index is 1000. The zero-order valence-corrected chi connectivity index (χ0v) is 17.5. The summed E-state index contributed by atoms with van der Waals surface area (Å²) in [6, 6.07) is 15.9. The van der Waals surface area contributed by atoms with Crippen molar-refractivity contribution in [3.05, 3.63) is 83.0 Å². The van der Waals surface area contributed by atoms with E-state index in [0.717, 1.165) is 55.0 Å². The molecule has 2 heterocycles. The highest BCUT2D eigenvalue weighted by Crippen LogP contribution is 2.27. The van der Waals surface area contributed by atoms with Gasteiger partial charge in [0, 0.05) is 31.6 Å². The van der Waals surface area contributed by atoms with E-state index in [1.54, 1.807) is 13.2 Å². The summed E-state index contributed by atoms with van der Waals surface area (Å²) in [6.45, 7) is 2.98. The van der Waals surface area contributed by atoms with Gasteiger partial charge in [-0.25, -0.2) is 4.39 Å². The van der Waals surface area contributed by atoms with E-state index in [4.69, 9.17) is 9.26 Å². The molecule has 1 amide bonds. The van der Waals surface area contributed by atoms with Crippen LogP contribution in [0.1, 0.15) is 46.1 Å². The maximum absolute atomic E-state index is 13.1. The van der Waals surface area contributed by atoms with Crippen LogP contribution in [0.2, 0.25) is 0 Å². The van der Waals surface area contributed by atoms with Gasteiger partial charge in [-0.3, -0.25) is 9.69 Å². The lowest BCUT2D eigenvalue weighted by atomic mass is 9.94. The van der Waals surface area contributed by atoms with Gasteiger partial charge in [0.1, 0.15) is 11.6 Å².